The van der Waals surface area contributed by atoms with Gasteiger partial charge in [0.15, 0.2) is 0 Å². The fourth-order valence-electron chi connectivity index (χ4n) is 3.23. The van der Waals surface area contributed by atoms with Crippen LogP contribution >= 0.6 is 0 Å². The number of methoxy groups -OCH3 is 1. The molecule has 3 aromatic carbocycles. The highest BCUT2D eigenvalue weighted by molar-refractivity contribution is 5.94. The van der Waals surface area contributed by atoms with Crippen molar-refractivity contribution in [3.8, 4) is 11.5 Å². The minimum Gasteiger partial charge on any atom is -0.497 e. The fraction of sp³-hybridized carbons (Fsp3) is 0.222. The zero-order valence-corrected chi connectivity index (χ0v) is 19.7. The van der Waals surface area contributed by atoms with Crippen molar-refractivity contribution in [2.75, 3.05) is 19.0 Å². The molecule has 35 heavy (non-hydrogen) atoms. The Hall–Kier alpha value is -4.33. The largest absolute Gasteiger partial charge is 0.513 e. The lowest BCUT2D eigenvalue weighted by atomic mass is 10.1. The number of carbonyl (C=O) groups is 3. The molecular formula is C27H28N2O6. The summed E-state index contributed by atoms with van der Waals surface area (Å²) in [5.74, 6) is 0.700. The van der Waals surface area contributed by atoms with Crippen LogP contribution in [-0.2, 0) is 22.5 Å². The Morgan fingerprint density at radius 2 is 1.57 bits per heavy atom. The third-order valence-electron chi connectivity index (χ3n) is 5.04. The first-order valence-electron chi connectivity index (χ1n) is 11.2. The van der Waals surface area contributed by atoms with E-state index in [0.717, 1.165) is 16.9 Å². The molecule has 2 amide bonds. The highest BCUT2D eigenvalue weighted by atomic mass is 16.7. The zero-order chi connectivity index (χ0) is 25.0. The maximum Gasteiger partial charge on any atom is 0.513 e. The van der Waals surface area contributed by atoms with Crippen LogP contribution in [-0.4, -0.2) is 31.7 Å². The lowest BCUT2D eigenvalue weighted by Gasteiger charge is -2.10. The van der Waals surface area contributed by atoms with Gasteiger partial charge in [-0.3, -0.25) is 9.59 Å². The van der Waals surface area contributed by atoms with E-state index in [1.54, 1.807) is 32.2 Å². The van der Waals surface area contributed by atoms with Crippen LogP contribution in [0, 0.1) is 0 Å². The van der Waals surface area contributed by atoms with Gasteiger partial charge in [-0.25, -0.2) is 4.79 Å². The van der Waals surface area contributed by atoms with Gasteiger partial charge in [-0.15, -0.1) is 0 Å². The first kappa shape index (κ1) is 25.3. The van der Waals surface area contributed by atoms with Crippen LogP contribution in [0.5, 0.6) is 11.5 Å². The second-order valence-electron chi connectivity index (χ2n) is 7.59. The number of aryl methyl sites for hydroxylation is 1. The van der Waals surface area contributed by atoms with E-state index in [4.69, 9.17) is 14.2 Å². The molecule has 182 valence electrons. The molecule has 0 unspecified atom stereocenters. The fourth-order valence-corrected chi connectivity index (χ4v) is 3.23. The summed E-state index contributed by atoms with van der Waals surface area (Å²) in [6.45, 7) is 2.19. The molecule has 0 spiro atoms. The van der Waals surface area contributed by atoms with Crippen molar-refractivity contribution >= 4 is 23.7 Å². The van der Waals surface area contributed by atoms with Crippen LogP contribution in [0.4, 0.5) is 10.5 Å². The molecule has 0 aromatic heterocycles. The summed E-state index contributed by atoms with van der Waals surface area (Å²) in [7, 11) is 1.62. The number of amides is 2. The number of ether oxygens (including phenoxy) is 3. The molecular weight excluding hydrogens is 448 g/mol. The van der Waals surface area contributed by atoms with Crippen LogP contribution < -0.4 is 20.1 Å². The van der Waals surface area contributed by atoms with E-state index in [1.165, 1.54) is 12.1 Å². The molecule has 0 saturated heterocycles. The number of nitrogens with one attached hydrogen (secondary N) is 2. The highest BCUT2D eigenvalue weighted by Crippen LogP contribution is 2.16. The Kier molecular flexibility index (Phi) is 9.24. The van der Waals surface area contributed by atoms with Gasteiger partial charge in [0, 0.05) is 24.2 Å². The highest BCUT2D eigenvalue weighted by Gasteiger charge is 2.09. The summed E-state index contributed by atoms with van der Waals surface area (Å²) in [5, 5.41) is 5.74. The number of anilines is 1. The summed E-state index contributed by atoms with van der Waals surface area (Å²) in [6, 6.07) is 21.1. The number of hydrogen-bond donors (Lipinski definition) is 2. The predicted octanol–water partition coefficient (Wildman–Crippen LogP) is 4.73. The standard InChI is InChI=1S/C27H28N2O6/c1-3-34-27(32)35-24-14-10-21(11-15-24)26(31)28-18-20-5-4-6-22(17-20)29-25(30)16-9-19-7-12-23(33-2)13-8-19/h4-8,10-15,17H,3,9,16,18H2,1-2H3,(H,28,31)(H,29,30). The number of carbonyl (C=O) groups excluding carboxylic acids is 3. The topological polar surface area (TPSA) is 103 Å². The van der Waals surface area contributed by atoms with E-state index in [1.807, 2.05) is 42.5 Å². The third-order valence-corrected chi connectivity index (χ3v) is 5.04. The predicted molar refractivity (Wildman–Crippen MR) is 132 cm³/mol. The van der Waals surface area contributed by atoms with E-state index in [-0.39, 0.29) is 30.7 Å². The van der Waals surface area contributed by atoms with E-state index < -0.39 is 6.16 Å². The zero-order valence-electron chi connectivity index (χ0n) is 19.7. The first-order chi connectivity index (χ1) is 17.0. The summed E-state index contributed by atoms with van der Waals surface area (Å²) in [4.78, 5) is 36.2. The van der Waals surface area contributed by atoms with Crippen molar-refractivity contribution in [1.82, 2.24) is 5.32 Å². The molecule has 0 fully saturated rings. The monoisotopic (exact) mass is 476 g/mol. The van der Waals surface area contributed by atoms with Gasteiger partial charge >= 0.3 is 6.16 Å². The van der Waals surface area contributed by atoms with Crippen LogP contribution in [0.25, 0.3) is 0 Å². The van der Waals surface area contributed by atoms with Crippen LogP contribution in [0.2, 0.25) is 0 Å². The SMILES string of the molecule is CCOC(=O)Oc1ccc(C(=O)NCc2cccc(NC(=O)CCc3ccc(OC)cc3)c2)cc1. The normalized spacial score (nSPS) is 10.2. The first-order valence-corrected chi connectivity index (χ1v) is 11.2. The van der Waals surface area contributed by atoms with Crippen molar-refractivity contribution in [3.63, 3.8) is 0 Å². The summed E-state index contributed by atoms with van der Waals surface area (Å²) in [5.41, 5.74) is 2.98. The minimum absolute atomic E-state index is 0.0906. The van der Waals surface area contributed by atoms with E-state index in [9.17, 15) is 14.4 Å². The summed E-state index contributed by atoms with van der Waals surface area (Å²) < 4.78 is 14.8. The van der Waals surface area contributed by atoms with Gasteiger partial charge in [-0.2, -0.15) is 0 Å². The van der Waals surface area contributed by atoms with Crippen LogP contribution in [0.15, 0.2) is 72.8 Å². The Labute approximate surface area is 204 Å². The lowest BCUT2D eigenvalue weighted by molar-refractivity contribution is -0.116. The molecule has 8 nitrogen and oxygen atoms in total. The molecule has 3 aromatic rings. The Bertz CT molecular complexity index is 1140. The molecule has 0 bridgehead atoms. The van der Waals surface area contributed by atoms with Gasteiger partial charge in [0.05, 0.1) is 13.7 Å². The van der Waals surface area contributed by atoms with Crippen LogP contribution in [0.3, 0.4) is 0 Å². The second kappa shape index (κ2) is 12.8. The number of benzene rings is 3. The van der Waals surface area contributed by atoms with Gasteiger partial charge in [-0.05, 0) is 73.0 Å². The molecule has 0 radical (unpaired) electrons. The molecule has 0 aliphatic carbocycles. The maximum absolute atomic E-state index is 12.5. The van der Waals surface area contributed by atoms with Crippen molar-refractivity contribution in [2.45, 2.75) is 26.3 Å². The summed E-state index contributed by atoms with van der Waals surface area (Å²) >= 11 is 0. The van der Waals surface area contributed by atoms with E-state index in [2.05, 4.69) is 10.6 Å². The Balaban J connectivity index is 1.47. The lowest BCUT2D eigenvalue weighted by Crippen LogP contribution is -2.22. The van der Waals surface area contributed by atoms with Crippen molar-refractivity contribution < 1.29 is 28.6 Å². The molecule has 8 heteroatoms. The van der Waals surface area contributed by atoms with Gasteiger partial charge < -0.3 is 24.8 Å². The van der Waals surface area contributed by atoms with Crippen molar-refractivity contribution in [1.29, 1.82) is 0 Å². The number of hydrogen-bond acceptors (Lipinski definition) is 6. The Morgan fingerprint density at radius 1 is 0.857 bits per heavy atom. The molecule has 0 aliphatic heterocycles. The molecule has 0 saturated carbocycles. The average Bonchev–Trinajstić information content (AvgIpc) is 2.87. The van der Waals surface area contributed by atoms with Gasteiger partial charge in [0.2, 0.25) is 5.91 Å². The van der Waals surface area contributed by atoms with Crippen molar-refractivity contribution in [3.05, 3.63) is 89.5 Å². The molecule has 3 rings (SSSR count). The summed E-state index contributed by atoms with van der Waals surface area (Å²) in [6.07, 6.45) is 0.177. The van der Waals surface area contributed by atoms with E-state index >= 15 is 0 Å². The van der Waals surface area contributed by atoms with E-state index in [0.29, 0.717) is 24.1 Å². The Morgan fingerprint density at radius 3 is 2.26 bits per heavy atom. The molecule has 0 aliphatic rings. The smallest absolute Gasteiger partial charge is 0.497 e. The average molecular weight is 477 g/mol. The van der Waals surface area contributed by atoms with Gasteiger partial charge in [0.1, 0.15) is 11.5 Å². The van der Waals surface area contributed by atoms with Gasteiger partial charge in [-0.1, -0.05) is 24.3 Å². The quantitative estimate of drug-likeness (QED) is 0.324. The molecule has 2 N–H and O–H groups in total. The minimum atomic E-state index is -0.794. The third kappa shape index (κ3) is 8.19. The van der Waals surface area contributed by atoms with Gasteiger partial charge in [0.25, 0.3) is 5.91 Å². The molecule has 0 heterocycles. The van der Waals surface area contributed by atoms with Crippen molar-refractivity contribution in [2.24, 2.45) is 0 Å². The van der Waals surface area contributed by atoms with Crippen LogP contribution in [0.1, 0.15) is 34.8 Å². The maximum atomic E-state index is 12.5. The second-order valence-corrected chi connectivity index (χ2v) is 7.59. The molecule has 0 atom stereocenters. The number of rotatable bonds is 10.